The maximum Gasteiger partial charge on any atom is 0.341 e. The van der Waals surface area contributed by atoms with Crippen molar-refractivity contribution in [1.82, 2.24) is 0 Å². The fourth-order valence-corrected chi connectivity index (χ4v) is 2.39. The molecule has 0 amide bonds. The smallest absolute Gasteiger partial charge is 0.341 e. The van der Waals surface area contributed by atoms with Crippen LogP contribution >= 0.6 is 15.9 Å². The minimum absolute atomic E-state index is 0.189. The number of carboxylic acid groups (broad SMARTS) is 1. The second-order valence-electron chi connectivity index (χ2n) is 4.52. The van der Waals surface area contributed by atoms with Crippen LogP contribution in [-0.4, -0.2) is 17.7 Å². The normalized spacial score (nSPS) is 10.9. The van der Waals surface area contributed by atoms with Gasteiger partial charge in [0.25, 0.3) is 0 Å². The van der Waals surface area contributed by atoms with Crippen LogP contribution in [0.3, 0.4) is 0 Å². The highest BCUT2D eigenvalue weighted by atomic mass is 79.9. The van der Waals surface area contributed by atoms with E-state index in [4.69, 9.17) is 9.84 Å². The van der Waals surface area contributed by atoms with Gasteiger partial charge in [-0.1, -0.05) is 24.3 Å². The average molecular weight is 376 g/mol. The van der Waals surface area contributed by atoms with Gasteiger partial charge in [0, 0.05) is 5.56 Å². The summed E-state index contributed by atoms with van der Waals surface area (Å²) >= 11 is 3.28. The lowest BCUT2D eigenvalue weighted by molar-refractivity contribution is -0.139. The molecule has 2 aromatic rings. The number of rotatable bonds is 5. The SMILES string of the molecule is N#C/C(=C/c1ccc(OCC(=O)O)c(Br)c1)c1ccccc1F. The van der Waals surface area contributed by atoms with Crippen LogP contribution in [0.5, 0.6) is 5.75 Å². The van der Waals surface area contributed by atoms with E-state index in [9.17, 15) is 14.4 Å². The topological polar surface area (TPSA) is 70.3 Å². The number of carbonyl (C=O) groups is 1. The van der Waals surface area contributed by atoms with Crippen LogP contribution < -0.4 is 4.74 Å². The van der Waals surface area contributed by atoms with Gasteiger partial charge in [-0.25, -0.2) is 9.18 Å². The van der Waals surface area contributed by atoms with Crippen molar-refractivity contribution >= 4 is 33.5 Å². The number of halogens is 2. The van der Waals surface area contributed by atoms with Crippen molar-refractivity contribution in [2.75, 3.05) is 6.61 Å². The standard InChI is InChI=1S/C17H11BrFNO3/c18-14-8-11(5-6-16(14)23-10-17(21)22)7-12(9-20)13-3-1-2-4-15(13)19/h1-8H,10H2,(H,21,22)/b12-7-. The summed E-state index contributed by atoms with van der Waals surface area (Å²) in [6.07, 6.45) is 1.55. The van der Waals surface area contributed by atoms with E-state index < -0.39 is 18.4 Å². The molecule has 0 heterocycles. The Morgan fingerprint density at radius 2 is 2.09 bits per heavy atom. The first-order valence-electron chi connectivity index (χ1n) is 6.52. The molecule has 2 aromatic carbocycles. The molecule has 0 fully saturated rings. The van der Waals surface area contributed by atoms with Crippen molar-refractivity contribution in [1.29, 1.82) is 5.26 Å². The molecule has 0 aliphatic rings. The minimum Gasteiger partial charge on any atom is -0.481 e. The van der Waals surface area contributed by atoms with Gasteiger partial charge in [-0.3, -0.25) is 0 Å². The zero-order valence-corrected chi connectivity index (χ0v) is 13.4. The van der Waals surface area contributed by atoms with Crippen molar-refractivity contribution < 1.29 is 19.0 Å². The predicted molar refractivity (Wildman–Crippen MR) is 87.2 cm³/mol. The highest BCUT2D eigenvalue weighted by Crippen LogP contribution is 2.28. The van der Waals surface area contributed by atoms with Crippen LogP contribution in [0.4, 0.5) is 4.39 Å². The average Bonchev–Trinajstić information content (AvgIpc) is 2.52. The number of carboxylic acids is 1. The summed E-state index contributed by atoms with van der Waals surface area (Å²) in [6, 6.07) is 12.9. The number of ether oxygens (including phenoxy) is 1. The summed E-state index contributed by atoms with van der Waals surface area (Å²) in [5.41, 5.74) is 1.06. The number of nitrogens with zero attached hydrogens (tertiary/aromatic N) is 1. The van der Waals surface area contributed by atoms with Crippen LogP contribution in [0.2, 0.25) is 0 Å². The molecule has 0 aromatic heterocycles. The first-order valence-corrected chi connectivity index (χ1v) is 7.31. The lowest BCUT2D eigenvalue weighted by Gasteiger charge is -2.07. The Hall–Kier alpha value is -2.65. The molecule has 0 saturated heterocycles. The third-order valence-corrected chi connectivity index (χ3v) is 3.52. The number of hydrogen-bond donors (Lipinski definition) is 1. The fourth-order valence-electron chi connectivity index (χ4n) is 1.88. The molecular formula is C17H11BrFNO3. The van der Waals surface area contributed by atoms with E-state index in [-0.39, 0.29) is 11.1 Å². The van der Waals surface area contributed by atoms with Gasteiger partial charge in [0.05, 0.1) is 16.1 Å². The largest absolute Gasteiger partial charge is 0.481 e. The van der Waals surface area contributed by atoms with Crippen molar-refractivity contribution in [3.05, 3.63) is 63.9 Å². The monoisotopic (exact) mass is 375 g/mol. The molecule has 0 aliphatic heterocycles. The van der Waals surface area contributed by atoms with E-state index in [1.807, 2.05) is 6.07 Å². The van der Waals surface area contributed by atoms with Crippen LogP contribution in [0, 0.1) is 17.1 Å². The molecule has 0 saturated carbocycles. The third kappa shape index (κ3) is 4.41. The number of nitriles is 1. The number of benzene rings is 2. The highest BCUT2D eigenvalue weighted by molar-refractivity contribution is 9.10. The zero-order valence-electron chi connectivity index (χ0n) is 11.8. The molecule has 1 N–H and O–H groups in total. The van der Waals surface area contributed by atoms with Gasteiger partial charge in [-0.2, -0.15) is 5.26 Å². The molecular weight excluding hydrogens is 365 g/mol. The molecule has 0 bridgehead atoms. The van der Waals surface area contributed by atoms with Crippen molar-refractivity contribution in [3.63, 3.8) is 0 Å². The Bertz CT molecular complexity index is 812. The Kier molecular flexibility index (Phi) is 5.50. The minimum atomic E-state index is -1.08. The zero-order chi connectivity index (χ0) is 16.8. The fraction of sp³-hybridized carbons (Fsp3) is 0.0588. The van der Waals surface area contributed by atoms with E-state index in [1.165, 1.54) is 12.1 Å². The molecule has 4 nitrogen and oxygen atoms in total. The number of allylic oxidation sites excluding steroid dienone is 1. The van der Waals surface area contributed by atoms with E-state index >= 15 is 0 Å². The second kappa shape index (κ2) is 7.56. The molecule has 0 atom stereocenters. The van der Waals surface area contributed by atoms with Gasteiger partial charge >= 0.3 is 5.97 Å². The quantitative estimate of drug-likeness (QED) is 0.630. The molecule has 2 rings (SSSR count). The second-order valence-corrected chi connectivity index (χ2v) is 5.38. The molecule has 0 unspecified atom stereocenters. The summed E-state index contributed by atoms with van der Waals surface area (Å²) in [4.78, 5) is 10.5. The first-order chi connectivity index (χ1) is 11.0. The lowest BCUT2D eigenvalue weighted by Crippen LogP contribution is -2.09. The summed E-state index contributed by atoms with van der Waals surface area (Å²) in [6.45, 7) is -0.452. The Morgan fingerprint density at radius 1 is 1.35 bits per heavy atom. The van der Waals surface area contributed by atoms with Crippen LogP contribution in [0.25, 0.3) is 11.6 Å². The summed E-state index contributed by atoms with van der Waals surface area (Å²) < 4.78 is 19.4. The van der Waals surface area contributed by atoms with E-state index in [1.54, 1.807) is 36.4 Å². The molecule has 6 heteroatoms. The highest BCUT2D eigenvalue weighted by Gasteiger charge is 2.08. The predicted octanol–water partition coefficient (Wildman–Crippen LogP) is 4.12. The van der Waals surface area contributed by atoms with Gasteiger partial charge in [0.1, 0.15) is 11.6 Å². The molecule has 0 radical (unpaired) electrons. The summed E-state index contributed by atoms with van der Waals surface area (Å²) in [5.74, 6) is -1.18. The van der Waals surface area contributed by atoms with Gasteiger partial charge < -0.3 is 9.84 Å². The van der Waals surface area contributed by atoms with Gasteiger partial charge in [0.15, 0.2) is 6.61 Å². The molecule has 0 spiro atoms. The lowest BCUT2D eigenvalue weighted by atomic mass is 10.0. The maximum absolute atomic E-state index is 13.8. The molecule has 116 valence electrons. The summed E-state index contributed by atoms with van der Waals surface area (Å²) in [5, 5.41) is 17.8. The Labute approximate surface area is 140 Å². The summed E-state index contributed by atoms with van der Waals surface area (Å²) in [7, 11) is 0. The maximum atomic E-state index is 13.8. The van der Waals surface area contributed by atoms with Crippen LogP contribution in [0.1, 0.15) is 11.1 Å². The van der Waals surface area contributed by atoms with Gasteiger partial charge in [0.2, 0.25) is 0 Å². The van der Waals surface area contributed by atoms with E-state index in [0.717, 1.165) is 0 Å². The first kappa shape index (κ1) is 16.7. The Morgan fingerprint density at radius 3 is 2.70 bits per heavy atom. The van der Waals surface area contributed by atoms with Crippen molar-refractivity contribution in [2.45, 2.75) is 0 Å². The van der Waals surface area contributed by atoms with E-state index in [2.05, 4.69) is 15.9 Å². The van der Waals surface area contributed by atoms with Gasteiger partial charge in [-0.05, 0) is 45.8 Å². The third-order valence-electron chi connectivity index (χ3n) is 2.90. The molecule has 23 heavy (non-hydrogen) atoms. The van der Waals surface area contributed by atoms with Crippen LogP contribution in [-0.2, 0) is 4.79 Å². The molecule has 0 aliphatic carbocycles. The van der Waals surface area contributed by atoms with Gasteiger partial charge in [-0.15, -0.1) is 0 Å². The van der Waals surface area contributed by atoms with Crippen molar-refractivity contribution in [2.24, 2.45) is 0 Å². The number of hydrogen-bond acceptors (Lipinski definition) is 3. The van der Waals surface area contributed by atoms with Crippen molar-refractivity contribution in [3.8, 4) is 11.8 Å². The Balaban J connectivity index is 2.31. The van der Waals surface area contributed by atoms with Crippen LogP contribution in [0.15, 0.2) is 46.9 Å². The van der Waals surface area contributed by atoms with E-state index in [0.29, 0.717) is 15.8 Å². The number of aliphatic carboxylic acids is 1.